The lowest BCUT2D eigenvalue weighted by atomic mass is 10.1. The third-order valence-electron chi connectivity index (χ3n) is 4.50. The van der Waals surface area contributed by atoms with Crippen LogP contribution in [0.1, 0.15) is 27.9 Å². The van der Waals surface area contributed by atoms with Crippen LogP contribution in [0, 0.1) is 17.0 Å². The Hall–Kier alpha value is -3.42. The second kappa shape index (κ2) is 7.45. The summed E-state index contributed by atoms with van der Waals surface area (Å²) in [4.78, 5) is 36.8. The van der Waals surface area contributed by atoms with Gasteiger partial charge >= 0.3 is 0 Å². The highest BCUT2D eigenvalue weighted by Gasteiger charge is 2.32. The molecule has 2 aromatic rings. The number of rotatable bonds is 5. The largest absolute Gasteiger partial charge is 0.507 e. The van der Waals surface area contributed by atoms with Gasteiger partial charge in [-0.2, -0.15) is 0 Å². The first-order chi connectivity index (χ1) is 12.8. The number of benzene rings is 2. The number of hydrogen-bond acceptors (Lipinski definition) is 5. The number of nitro benzene ring substituents is 1. The van der Waals surface area contributed by atoms with Crippen LogP contribution in [-0.4, -0.2) is 39.3 Å². The minimum absolute atomic E-state index is 0.0394. The van der Waals surface area contributed by atoms with E-state index in [1.54, 1.807) is 30.3 Å². The van der Waals surface area contributed by atoms with Crippen molar-refractivity contribution in [3.63, 3.8) is 0 Å². The predicted molar refractivity (Wildman–Crippen MR) is 97.2 cm³/mol. The summed E-state index contributed by atoms with van der Waals surface area (Å²) in [5, 5.41) is 23.7. The normalized spacial score (nSPS) is 16.4. The van der Waals surface area contributed by atoms with E-state index in [0.717, 1.165) is 5.56 Å². The van der Waals surface area contributed by atoms with Crippen molar-refractivity contribution in [2.75, 3.05) is 6.54 Å². The van der Waals surface area contributed by atoms with E-state index in [0.29, 0.717) is 5.56 Å². The van der Waals surface area contributed by atoms with Crippen LogP contribution in [-0.2, 0) is 11.3 Å². The fourth-order valence-electron chi connectivity index (χ4n) is 3.14. The minimum Gasteiger partial charge on any atom is -0.507 e. The molecule has 0 saturated carbocycles. The molecule has 0 aliphatic carbocycles. The molecule has 0 aromatic heterocycles. The zero-order valence-electron chi connectivity index (χ0n) is 14.7. The number of hydrogen-bond donors (Lipinski definition) is 2. The SMILES string of the molecule is Cc1ccc(O)c(C(=O)NC2CC(=O)N(Cc3ccccc3[N+](=O)[O-])C2)c1. The first kappa shape index (κ1) is 18.4. The zero-order valence-corrected chi connectivity index (χ0v) is 14.7. The van der Waals surface area contributed by atoms with Crippen LogP contribution in [0.2, 0.25) is 0 Å². The molecule has 140 valence electrons. The molecule has 1 saturated heterocycles. The molecule has 8 heteroatoms. The van der Waals surface area contributed by atoms with Gasteiger partial charge in [0.2, 0.25) is 5.91 Å². The summed E-state index contributed by atoms with van der Waals surface area (Å²) >= 11 is 0. The molecule has 27 heavy (non-hydrogen) atoms. The number of nitrogens with one attached hydrogen (secondary N) is 1. The molecule has 1 heterocycles. The molecular formula is C19H19N3O5. The van der Waals surface area contributed by atoms with Crippen molar-refractivity contribution in [2.24, 2.45) is 0 Å². The summed E-state index contributed by atoms with van der Waals surface area (Å²) in [6.07, 6.45) is 0.110. The molecule has 1 fully saturated rings. The molecule has 2 N–H and O–H groups in total. The Kier molecular flexibility index (Phi) is 5.07. The number of para-hydroxylation sites is 1. The number of aryl methyl sites for hydroxylation is 1. The molecule has 2 amide bonds. The van der Waals surface area contributed by atoms with E-state index in [4.69, 9.17) is 0 Å². The Bertz CT molecular complexity index is 912. The topological polar surface area (TPSA) is 113 Å². The predicted octanol–water partition coefficient (Wildman–Crippen LogP) is 2.14. The molecule has 1 unspecified atom stereocenters. The summed E-state index contributed by atoms with van der Waals surface area (Å²) < 4.78 is 0. The van der Waals surface area contributed by atoms with Crippen LogP contribution in [0.4, 0.5) is 5.69 Å². The number of amides is 2. The van der Waals surface area contributed by atoms with Gasteiger partial charge in [0.25, 0.3) is 11.6 Å². The van der Waals surface area contributed by atoms with E-state index in [1.165, 1.54) is 17.0 Å². The molecule has 2 aromatic carbocycles. The monoisotopic (exact) mass is 369 g/mol. The summed E-state index contributed by atoms with van der Waals surface area (Å²) in [5.74, 6) is -0.771. The van der Waals surface area contributed by atoms with Gasteiger partial charge in [-0.25, -0.2) is 0 Å². The first-order valence-electron chi connectivity index (χ1n) is 8.45. The maximum Gasteiger partial charge on any atom is 0.274 e. The number of nitrogens with zero attached hydrogens (tertiary/aromatic N) is 2. The van der Waals surface area contributed by atoms with Crippen molar-refractivity contribution in [3.8, 4) is 5.75 Å². The standard InChI is InChI=1S/C19H19N3O5/c1-12-6-7-17(23)15(8-12)19(25)20-14-9-18(24)21(11-14)10-13-4-2-3-5-16(13)22(26)27/h2-8,14,23H,9-11H2,1H3,(H,20,25). The highest BCUT2D eigenvalue weighted by Crippen LogP contribution is 2.23. The molecular weight excluding hydrogens is 350 g/mol. The lowest BCUT2D eigenvalue weighted by Gasteiger charge is -2.17. The van der Waals surface area contributed by atoms with E-state index in [-0.39, 0.29) is 42.4 Å². The lowest BCUT2D eigenvalue weighted by molar-refractivity contribution is -0.385. The fraction of sp³-hybridized carbons (Fsp3) is 0.263. The number of nitro groups is 1. The Morgan fingerprint density at radius 1 is 1.33 bits per heavy atom. The maximum absolute atomic E-state index is 12.4. The van der Waals surface area contributed by atoms with Crippen LogP contribution in [0.3, 0.4) is 0 Å². The van der Waals surface area contributed by atoms with Crippen LogP contribution in [0.5, 0.6) is 5.75 Å². The highest BCUT2D eigenvalue weighted by atomic mass is 16.6. The Morgan fingerprint density at radius 2 is 2.07 bits per heavy atom. The van der Waals surface area contributed by atoms with Gasteiger partial charge in [0, 0.05) is 24.6 Å². The zero-order chi connectivity index (χ0) is 19.6. The van der Waals surface area contributed by atoms with E-state index in [2.05, 4.69) is 5.32 Å². The lowest BCUT2D eigenvalue weighted by Crippen LogP contribution is -2.37. The van der Waals surface area contributed by atoms with Gasteiger partial charge in [-0.15, -0.1) is 0 Å². The number of likely N-dealkylation sites (tertiary alicyclic amines) is 1. The number of carbonyl (C=O) groups excluding carboxylic acids is 2. The average molecular weight is 369 g/mol. The first-order valence-corrected chi connectivity index (χ1v) is 8.45. The molecule has 1 atom stereocenters. The Morgan fingerprint density at radius 3 is 2.81 bits per heavy atom. The molecule has 0 spiro atoms. The summed E-state index contributed by atoms with van der Waals surface area (Å²) in [6, 6.07) is 10.6. The van der Waals surface area contributed by atoms with Crippen molar-refractivity contribution >= 4 is 17.5 Å². The van der Waals surface area contributed by atoms with E-state index >= 15 is 0 Å². The Labute approximate surface area is 155 Å². The quantitative estimate of drug-likeness (QED) is 0.619. The number of phenols is 1. The fourth-order valence-corrected chi connectivity index (χ4v) is 3.14. The summed E-state index contributed by atoms with van der Waals surface area (Å²) in [7, 11) is 0. The van der Waals surface area contributed by atoms with Crippen molar-refractivity contribution < 1.29 is 19.6 Å². The maximum atomic E-state index is 12.4. The van der Waals surface area contributed by atoms with Gasteiger partial charge in [0.1, 0.15) is 5.75 Å². The van der Waals surface area contributed by atoms with Gasteiger partial charge < -0.3 is 15.3 Å². The Balaban J connectivity index is 1.68. The van der Waals surface area contributed by atoms with Gasteiger partial charge in [-0.1, -0.05) is 29.8 Å². The molecule has 1 aliphatic rings. The summed E-state index contributed by atoms with van der Waals surface area (Å²) in [6.45, 7) is 2.17. The van der Waals surface area contributed by atoms with Gasteiger partial charge in [0.05, 0.1) is 23.1 Å². The molecule has 3 rings (SSSR count). The van der Waals surface area contributed by atoms with Crippen molar-refractivity contribution in [1.82, 2.24) is 10.2 Å². The number of phenolic OH excluding ortho intramolecular Hbond substituents is 1. The number of aromatic hydroxyl groups is 1. The van der Waals surface area contributed by atoms with Crippen LogP contribution >= 0.6 is 0 Å². The van der Waals surface area contributed by atoms with E-state index in [9.17, 15) is 24.8 Å². The second-order valence-corrected chi connectivity index (χ2v) is 6.56. The average Bonchev–Trinajstić information content (AvgIpc) is 2.96. The third kappa shape index (κ3) is 4.05. The van der Waals surface area contributed by atoms with E-state index < -0.39 is 16.9 Å². The third-order valence-corrected chi connectivity index (χ3v) is 4.50. The van der Waals surface area contributed by atoms with Gasteiger partial charge in [0.15, 0.2) is 0 Å². The molecule has 8 nitrogen and oxygen atoms in total. The van der Waals surface area contributed by atoms with Crippen LogP contribution in [0.15, 0.2) is 42.5 Å². The number of carbonyl (C=O) groups is 2. The smallest absolute Gasteiger partial charge is 0.274 e. The van der Waals surface area contributed by atoms with Crippen molar-refractivity contribution in [2.45, 2.75) is 25.9 Å². The second-order valence-electron chi connectivity index (χ2n) is 6.56. The van der Waals surface area contributed by atoms with Gasteiger partial charge in [-0.05, 0) is 19.1 Å². The van der Waals surface area contributed by atoms with E-state index in [1.807, 2.05) is 6.92 Å². The molecule has 0 radical (unpaired) electrons. The van der Waals surface area contributed by atoms with Crippen molar-refractivity contribution in [3.05, 3.63) is 69.3 Å². The molecule has 1 aliphatic heterocycles. The van der Waals surface area contributed by atoms with Crippen molar-refractivity contribution in [1.29, 1.82) is 0 Å². The summed E-state index contributed by atoms with van der Waals surface area (Å²) in [5.41, 5.74) is 1.39. The van der Waals surface area contributed by atoms with Gasteiger partial charge in [-0.3, -0.25) is 19.7 Å². The van der Waals surface area contributed by atoms with Crippen LogP contribution in [0.25, 0.3) is 0 Å². The minimum atomic E-state index is -0.477. The molecule has 0 bridgehead atoms. The van der Waals surface area contributed by atoms with Crippen LogP contribution < -0.4 is 5.32 Å². The highest BCUT2D eigenvalue weighted by molar-refractivity contribution is 5.97.